The molecule has 0 aliphatic carbocycles. The van der Waals surface area contributed by atoms with Crippen LogP contribution in [0.5, 0.6) is 0 Å². The van der Waals surface area contributed by atoms with Crippen LogP contribution in [0.1, 0.15) is 25.1 Å². The highest BCUT2D eigenvalue weighted by Crippen LogP contribution is 2.22. The molecule has 2 rings (SSSR count). The third-order valence-electron chi connectivity index (χ3n) is 3.13. The van der Waals surface area contributed by atoms with Crippen molar-refractivity contribution in [2.24, 2.45) is 5.92 Å². The van der Waals surface area contributed by atoms with Crippen LogP contribution < -0.4 is 5.32 Å². The molecule has 0 saturated heterocycles. The topological polar surface area (TPSA) is 17.0 Å². The molecular weight excluding hydrogens is 291 g/mol. The Morgan fingerprint density at radius 3 is 2.75 bits per heavy atom. The molecule has 0 saturated carbocycles. The van der Waals surface area contributed by atoms with E-state index in [1.54, 1.807) is 0 Å². The van der Waals surface area contributed by atoms with Gasteiger partial charge in [0.25, 0.3) is 0 Å². The minimum Gasteiger partial charge on any atom is -0.346 e. The summed E-state index contributed by atoms with van der Waals surface area (Å²) in [5.74, 6) is 0.654. The minimum absolute atomic E-state index is 0.654. The molecule has 2 aromatic rings. The molecule has 0 aliphatic rings. The lowest BCUT2D eigenvalue weighted by molar-refractivity contribution is 0.539. The highest BCUT2D eigenvalue weighted by molar-refractivity contribution is 6.33. The molecule has 0 bridgehead atoms. The first-order valence-electron chi connectivity index (χ1n) is 6.85. The molecule has 0 amide bonds. The normalized spacial score (nSPS) is 11.2. The van der Waals surface area contributed by atoms with Gasteiger partial charge in [-0.25, -0.2) is 0 Å². The maximum Gasteiger partial charge on any atom is 0.0488 e. The van der Waals surface area contributed by atoms with Gasteiger partial charge in [-0.2, -0.15) is 0 Å². The Morgan fingerprint density at radius 1 is 1.20 bits per heavy atom. The molecule has 1 N–H and O–H groups in total. The lowest BCUT2D eigenvalue weighted by Crippen LogP contribution is -2.21. The van der Waals surface area contributed by atoms with Gasteiger partial charge >= 0.3 is 0 Å². The largest absolute Gasteiger partial charge is 0.346 e. The van der Waals surface area contributed by atoms with Gasteiger partial charge in [-0.1, -0.05) is 37.0 Å². The van der Waals surface area contributed by atoms with E-state index in [9.17, 15) is 0 Å². The fourth-order valence-corrected chi connectivity index (χ4v) is 2.47. The van der Waals surface area contributed by atoms with E-state index in [1.807, 2.05) is 18.2 Å². The summed E-state index contributed by atoms with van der Waals surface area (Å²) in [4.78, 5) is 0. The Bertz CT molecular complexity index is 561. The highest BCUT2D eigenvalue weighted by atomic mass is 35.5. The first-order valence-corrected chi connectivity index (χ1v) is 7.60. The van der Waals surface area contributed by atoms with Crippen molar-refractivity contribution in [1.82, 2.24) is 9.88 Å². The van der Waals surface area contributed by atoms with Gasteiger partial charge in [-0.3, -0.25) is 0 Å². The van der Waals surface area contributed by atoms with Crippen molar-refractivity contribution < 1.29 is 0 Å². The quantitative estimate of drug-likeness (QED) is 0.825. The second-order valence-corrected chi connectivity index (χ2v) is 6.23. The van der Waals surface area contributed by atoms with Crippen molar-refractivity contribution in [2.75, 3.05) is 6.54 Å². The smallest absolute Gasteiger partial charge is 0.0488 e. The Balaban J connectivity index is 2.06. The molecule has 0 radical (unpaired) electrons. The molecule has 0 fully saturated rings. The molecule has 1 aromatic carbocycles. The maximum atomic E-state index is 6.22. The summed E-state index contributed by atoms with van der Waals surface area (Å²) in [5.41, 5.74) is 2.29. The second kappa shape index (κ2) is 7.16. The van der Waals surface area contributed by atoms with Gasteiger partial charge < -0.3 is 9.88 Å². The predicted octanol–water partition coefficient (Wildman–Crippen LogP) is 4.59. The molecule has 1 heterocycles. The summed E-state index contributed by atoms with van der Waals surface area (Å²) in [6.07, 6.45) is 2.07. The number of aromatic nitrogens is 1. The molecule has 0 spiro atoms. The predicted molar refractivity (Wildman–Crippen MR) is 86.5 cm³/mol. The van der Waals surface area contributed by atoms with Crippen molar-refractivity contribution in [2.45, 2.75) is 26.9 Å². The molecule has 0 unspecified atom stereocenters. The summed E-state index contributed by atoms with van der Waals surface area (Å²) in [6, 6.07) is 9.78. The van der Waals surface area contributed by atoms with Crippen LogP contribution in [-0.4, -0.2) is 11.1 Å². The molecule has 2 nitrogen and oxygen atoms in total. The monoisotopic (exact) mass is 310 g/mol. The third-order valence-corrected chi connectivity index (χ3v) is 3.73. The van der Waals surface area contributed by atoms with Crippen LogP contribution in [0, 0.1) is 5.92 Å². The summed E-state index contributed by atoms with van der Waals surface area (Å²) in [6.45, 7) is 7.03. The molecular formula is C16H20Cl2N2. The van der Waals surface area contributed by atoms with E-state index in [0.29, 0.717) is 5.92 Å². The summed E-state index contributed by atoms with van der Waals surface area (Å²) >= 11 is 12.3. The lowest BCUT2D eigenvalue weighted by atomic mass is 10.2. The summed E-state index contributed by atoms with van der Waals surface area (Å²) in [5, 5.41) is 4.93. The Morgan fingerprint density at radius 2 is 2.00 bits per heavy atom. The first-order chi connectivity index (χ1) is 9.56. The number of nitrogens with one attached hydrogen (secondary N) is 1. The van der Waals surface area contributed by atoms with E-state index in [1.165, 1.54) is 5.69 Å². The van der Waals surface area contributed by atoms with Crippen molar-refractivity contribution in [3.8, 4) is 0 Å². The summed E-state index contributed by atoms with van der Waals surface area (Å²) < 4.78 is 2.20. The number of hydrogen-bond acceptors (Lipinski definition) is 1. The zero-order valence-corrected chi connectivity index (χ0v) is 13.4. The van der Waals surface area contributed by atoms with Gasteiger partial charge in [0.1, 0.15) is 0 Å². The number of benzene rings is 1. The second-order valence-electron chi connectivity index (χ2n) is 5.39. The lowest BCUT2D eigenvalue weighted by Gasteiger charge is -2.12. The van der Waals surface area contributed by atoms with Crippen LogP contribution in [0.15, 0.2) is 36.5 Å². The molecule has 108 valence electrons. The molecule has 1 aromatic heterocycles. The van der Waals surface area contributed by atoms with Crippen LogP contribution in [0.2, 0.25) is 10.0 Å². The minimum atomic E-state index is 0.654. The standard InChI is InChI=1S/C16H20Cl2N2/c1-12(2)9-19-10-15-4-3-7-20(15)11-13-8-14(17)5-6-16(13)18/h3-8,12,19H,9-11H2,1-2H3. The van der Waals surface area contributed by atoms with Crippen molar-refractivity contribution in [1.29, 1.82) is 0 Å². The van der Waals surface area contributed by atoms with E-state index < -0.39 is 0 Å². The van der Waals surface area contributed by atoms with E-state index >= 15 is 0 Å². The van der Waals surface area contributed by atoms with Crippen LogP contribution in [0.25, 0.3) is 0 Å². The van der Waals surface area contributed by atoms with E-state index in [0.717, 1.165) is 35.2 Å². The first kappa shape index (κ1) is 15.4. The molecule has 20 heavy (non-hydrogen) atoms. The Hall–Kier alpha value is -0.960. The summed E-state index contributed by atoms with van der Waals surface area (Å²) in [7, 11) is 0. The fraction of sp³-hybridized carbons (Fsp3) is 0.375. The molecule has 0 aliphatic heterocycles. The number of halogens is 2. The van der Waals surface area contributed by atoms with Crippen molar-refractivity contribution in [3.63, 3.8) is 0 Å². The SMILES string of the molecule is CC(C)CNCc1cccn1Cc1cc(Cl)ccc1Cl. The van der Waals surface area contributed by atoms with E-state index in [2.05, 4.69) is 42.1 Å². The van der Waals surface area contributed by atoms with Gasteiger partial charge in [0.2, 0.25) is 0 Å². The van der Waals surface area contributed by atoms with Crippen LogP contribution in [-0.2, 0) is 13.1 Å². The number of rotatable bonds is 6. The van der Waals surface area contributed by atoms with Gasteiger partial charge in [0.15, 0.2) is 0 Å². The number of nitrogens with zero attached hydrogens (tertiary/aromatic N) is 1. The van der Waals surface area contributed by atoms with E-state index in [-0.39, 0.29) is 0 Å². The Labute approximate surface area is 130 Å². The average Bonchev–Trinajstić information content (AvgIpc) is 2.81. The maximum absolute atomic E-state index is 6.22. The number of hydrogen-bond donors (Lipinski definition) is 1. The zero-order chi connectivity index (χ0) is 14.5. The average molecular weight is 311 g/mol. The van der Waals surface area contributed by atoms with Crippen LogP contribution >= 0.6 is 23.2 Å². The molecule has 4 heteroatoms. The van der Waals surface area contributed by atoms with Crippen LogP contribution in [0.4, 0.5) is 0 Å². The van der Waals surface area contributed by atoms with Crippen molar-refractivity contribution >= 4 is 23.2 Å². The van der Waals surface area contributed by atoms with Gasteiger partial charge in [0, 0.05) is 35.0 Å². The van der Waals surface area contributed by atoms with Crippen LogP contribution in [0.3, 0.4) is 0 Å². The fourth-order valence-electron chi connectivity index (χ4n) is 2.10. The van der Waals surface area contributed by atoms with Gasteiger partial charge in [-0.05, 0) is 48.4 Å². The van der Waals surface area contributed by atoms with E-state index in [4.69, 9.17) is 23.2 Å². The zero-order valence-electron chi connectivity index (χ0n) is 11.9. The van der Waals surface area contributed by atoms with Crippen molar-refractivity contribution in [3.05, 3.63) is 57.8 Å². The van der Waals surface area contributed by atoms with Gasteiger partial charge in [0.05, 0.1) is 0 Å². The molecule has 0 atom stereocenters. The highest BCUT2D eigenvalue weighted by Gasteiger charge is 2.06. The van der Waals surface area contributed by atoms with Gasteiger partial charge in [-0.15, -0.1) is 0 Å². The third kappa shape index (κ3) is 4.27. The Kier molecular flexibility index (Phi) is 5.53.